The SMILES string of the molecule is CC[C@H]1CCCCN1CCNC(=O)COc1ccc(O)cc1. The minimum atomic E-state index is -0.113. The lowest BCUT2D eigenvalue weighted by molar-refractivity contribution is -0.123. The van der Waals surface area contributed by atoms with Crippen molar-refractivity contribution in [2.75, 3.05) is 26.2 Å². The number of hydrogen-bond acceptors (Lipinski definition) is 4. The van der Waals surface area contributed by atoms with Crippen molar-refractivity contribution in [2.45, 2.75) is 38.6 Å². The first kappa shape index (κ1) is 16.6. The van der Waals surface area contributed by atoms with Crippen molar-refractivity contribution in [2.24, 2.45) is 0 Å². The second-order valence-corrected chi connectivity index (χ2v) is 5.73. The molecule has 1 aromatic rings. The molecule has 1 aromatic carbocycles. The molecular weight excluding hydrogens is 280 g/mol. The molecule has 0 spiro atoms. The van der Waals surface area contributed by atoms with E-state index in [0.29, 0.717) is 18.3 Å². The number of likely N-dealkylation sites (tertiary alicyclic amines) is 1. The van der Waals surface area contributed by atoms with Crippen molar-refractivity contribution >= 4 is 5.91 Å². The Hall–Kier alpha value is -1.75. The van der Waals surface area contributed by atoms with E-state index in [-0.39, 0.29) is 18.3 Å². The molecule has 122 valence electrons. The highest BCUT2D eigenvalue weighted by Gasteiger charge is 2.20. The van der Waals surface area contributed by atoms with Crippen molar-refractivity contribution in [1.29, 1.82) is 0 Å². The van der Waals surface area contributed by atoms with Gasteiger partial charge in [0.1, 0.15) is 11.5 Å². The number of piperidine rings is 1. The molecule has 1 amide bonds. The number of nitrogens with one attached hydrogen (secondary N) is 1. The fourth-order valence-corrected chi connectivity index (χ4v) is 2.90. The lowest BCUT2D eigenvalue weighted by Gasteiger charge is -2.35. The second-order valence-electron chi connectivity index (χ2n) is 5.73. The molecule has 1 fully saturated rings. The number of carbonyl (C=O) groups is 1. The van der Waals surface area contributed by atoms with E-state index in [4.69, 9.17) is 4.74 Å². The Labute approximate surface area is 132 Å². The average molecular weight is 306 g/mol. The number of amides is 1. The minimum Gasteiger partial charge on any atom is -0.508 e. The number of aromatic hydroxyl groups is 1. The summed E-state index contributed by atoms with van der Waals surface area (Å²) in [5, 5.41) is 12.1. The maximum absolute atomic E-state index is 11.8. The Balaban J connectivity index is 1.64. The van der Waals surface area contributed by atoms with E-state index in [1.165, 1.54) is 37.8 Å². The topological polar surface area (TPSA) is 61.8 Å². The Kier molecular flexibility index (Phi) is 6.52. The van der Waals surface area contributed by atoms with Gasteiger partial charge >= 0.3 is 0 Å². The zero-order chi connectivity index (χ0) is 15.8. The Morgan fingerprint density at radius 2 is 2.14 bits per heavy atom. The zero-order valence-electron chi connectivity index (χ0n) is 13.3. The molecule has 0 aromatic heterocycles. The fourth-order valence-electron chi connectivity index (χ4n) is 2.90. The standard InChI is InChI=1S/C17H26N2O3/c1-2-14-5-3-4-11-19(14)12-10-18-17(21)13-22-16-8-6-15(20)7-9-16/h6-9,14,20H,2-5,10-13H2,1H3,(H,18,21)/t14-/m0/s1. The number of benzene rings is 1. The summed E-state index contributed by atoms with van der Waals surface area (Å²) < 4.78 is 5.37. The number of phenolic OH excluding ortho intramolecular Hbond substituents is 1. The molecule has 1 atom stereocenters. The van der Waals surface area contributed by atoms with Gasteiger partial charge in [0, 0.05) is 19.1 Å². The summed E-state index contributed by atoms with van der Waals surface area (Å²) in [6.07, 6.45) is 5.03. The monoisotopic (exact) mass is 306 g/mol. The van der Waals surface area contributed by atoms with Crippen LogP contribution in [-0.2, 0) is 4.79 Å². The van der Waals surface area contributed by atoms with E-state index >= 15 is 0 Å². The number of ether oxygens (including phenoxy) is 1. The lowest BCUT2D eigenvalue weighted by Crippen LogP contribution is -2.44. The van der Waals surface area contributed by atoms with Gasteiger partial charge in [-0.25, -0.2) is 0 Å². The van der Waals surface area contributed by atoms with Gasteiger partial charge in [-0.3, -0.25) is 9.69 Å². The van der Waals surface area contributed by atoms with E-state index in [1.807, 2.05) is 0 Å². The van der Waals surface area contributed by atoms with Gasteiger partial charge in [-0.1, -0.05) is 13.3 Å². The van der Waals surface area contributed by atoms with Crippen LogP contribution in [0.3, 0.4) is 0 Å². The van der Waals surface area contributed by atoms with Gasteiger partial charge in [0.15, 0.2) is 6.61 Å². The molecule has 1 saturated heterocycles. The molecule has 0 bridgehead atoms. The van der Waals surface area contributed by atoms with E-state index in [0.717, 1.165) is 13.1 Å². The molecular formula is C17H26N2O3. The first-order valence-electron chi connectivity index (χ1n) is 8.11. The van der Waals surface area contributed by atoms with Gasteiger partial charge in [-0.05, 0) is 50.1 Å². The van der Waals surface area contributed by atoms with Crippen LogP contribution in [0.1, 0.15) is 32.6 Å². The Morgan fingerprint density at radius 1 is 1.36 bits per heavy atom. The number of nitrogens with zero attached hydrogens (tertiary/aromatic N) is 1. The van der Waals surface area contributed by atoms with Crippen LogP contribution in [0.15, 0.2) is 24.3 Å². The predicted molar refractivity (Wildman–Crippen MR) is 86.1 cm³/mol. The van der Waals surface area contributed by atoms with Gasteiger partial charge in [0.05, 0.1) is 0 Å². The molecule has 0 unspecified atom stereocenters. The Bertz CT molecular complexity index is 461. The number of carbonyl (C=O) groups excluding carboxylic acids is 1. The molecule has 1 aliphatic heterocycles. The van der Waals surface area contributed by atoms with Gasteiger partial charge in [-0.2, -0.15) is 0 Å². The highest BCUT2D eigenvalue weighted by Crippen LogP contribution is 2.18. The largest absolute Gasteiger partial charge is 0.508 e. The third kappa shape index (κ3) is 5.22. The highest BCUT2D eigenvalue weighted by atomic mass is 16.5. The van der Waals surface area contributed by atoms with Crippen molar-refractivity contribution in [3.05, 3.63) is 24.3 Å². The Morgan fingerprint density at radius 3 is 2.86 bits per heavy atom. The molecule has 0 saturated carbocycles. The van der Waals surface area contributed by atoms with E-state index in [1.54, 1.807) is 12.1 Å². The van der Waals surface area contributed by atoms with Crippen LogP contribution in [0.4, 0.5) is 0 Å². The van der Waals surface area contributed by atoms with Crippen LogP contribution in [0, 0.1) is 0 Å². The van der Waals surface area contributed by atoms with Crippen LogP contribution in [0.5, 0.6) is 11.5 Å². The normalized spacial score (nSPS) is 18.9. The van der Waals surface area contributed by atoms with E-state index in [2.05, 4.69) is 17.1 Å². The maximum atomic E-state index is 11.8. The minimum absolute atomic E-state index is 0.00197. The summed E-state index contributed by atoms with van der Waals surface area (Å²) in [5.74, 6) is 0.650. The van der Waals surface area contributed by atoms with Crippen LogP contribution >= 0.6 is 0 Å². The summed E-state index contributed by atoms with van der Waals surface area (Å²) >= 11 is 0. The molecule has 0 aliphatic carbocycles. The first-order chi connectivity index (χ1) is 10.7. The molecule has 2 N–H and O–H groups in total. The van der Waals surface area contributed by atoms with Gasteiger partial charge in [0.25, 0.3) is 5.91 Å². The van der Waals surface area contributed by atoms with Crippen LogP contribution < -0.4 is 10.1 Å². The fraction of sp³-hybridized carbons (Fsp3) is 0.588. The van der Waals surface area contributed by atoms with Gasteiger partial charge in [-0.15, -0.1) is 0 Å². The predicted octanol–water partition coefficient (Wildman–Crippen LogP) is 2.15. The van der Waals surface area contributed by atoms with Gasteiger partial charge in [0.2, 0.25) is 0 Å². The zero-order valence-corrected chi connectivity index (χ0v) is 13.3. The molecule has 1 heterocycles. The number of rotatable bonds is 7. The molecule has 1 aliphatic rings. The molecule has 22 heavy (non-hydrogen) atoms. The molecule has 0 radical (unpaired) electrons. The average Bonchev–Trinajstić information content (AvgIpc) is 2.55. The van der Waals surface area contributed by atoms with E-state index < -0.39 is 0 Å². The summed E-state index contributed by atoms with van der Waals surface area (Å²) in [7, 11) is 0. The van der Waals surface area contributed by atoms with Crippen LogP contribution in [0.2, 0.25) is 0 Å². The smallest absolute Gasteiger partial charge is 0.257 e. The second kappa shape index (κ2) is 8.63. The summed E-state index contributed by atoms with van der Waals surface area (Å²) in [6, 6.07) is 7.02. The maximum Gasteiger partial charge on any atom is 0.257 e. The van der Waals surface area contributed by atoms with Crippen LogP contribution in [-0.4, -0.2) is 48.2 Å². The van der Waals surface area contributed by atoms with Gasteiger partial charge < -0.3 is 15.2 Å². The summed E-state index contributed by atoms with van der Waals surface area (Å²) in [6.45, 7) is 4.94. The van der Waals surface area contributed by atoms with E-state index in [9.17, 15) is 9.90 Å². The quantitative estimate of drug-likeness (QED) is 0.810. The summed E-state index contributed by atoms with van der Waals surface area (Å²) in [5.41, 5.74) is 0. The van der Waals surface area contributed by atoms with Crippen LogP contribution in [0.25, 0.3) is 0 Å². The first-order valence-corrected chi connectivity index (χ1v) is 8.11. The number of hydrogen-bond donors (Lipinski definition) is 2. The van der Waals surface area contributed by atoms with Crippen molar-refractivity contribution < 1.29 is 14.6 Å². The molecule has 5 nitrogen and oxygen atoms in total. The molecule has 5 heteroatoms. The number of phenols is 1. The van der Waals surface area contributed by atoms with Crippen molar-refractivity contribution in [3.8, 4) is 11.5 Å². The summed E-state index contributed by atoms with van der Waals surface area (Å²) in [4.78, 5) is 14.2. The highest BCUT2D eigenvalue weighted by molar-refractivity contribution is 5.77. The van der Waals surface area contributed by atoms with Crippen molar-refractivity contribution in [1.82, 2.24) is 10.2 Å². The molecule has 2 rings (SSSR count). The lowest BCUT2D eigenvalue weighted by atomic mass is 10.0. The van der Waals surface area contributed by atoms with Crippen molar-refractivity contribution in [3.63, 3.8) is 0 Å². The third-order valence-corrected chi connectivity index (χ3v) is 4.15. The third-order valence-electron chi connectivity index (χ3n) is 4.15.